The maximum Gasteiger partial charge on any atom is 0.258 e. The van der Waals surface area contributed by atoms with Crippen molar-refractivity contribution in [2.24, 2.45) is 5.73 Å². The number of carbonyl (C=O) groups excluding carboxylic acids is 2. The number of benzene rings is 2. The number of primary amides is 1. The summed E-state index contributed by atoms with van der Waals surface area (Å²) in [5, 5.41) is 3.84. The zero-order valence-corrected chi connectivity index (χ0v) is 15.1. The first kappa shape index (κ1) is 19.1. The highest BCUT2D eigenvalue weighted by molar-refractivity contribution is 6.35. The van der Waals surface area contributed by atoms with E-state index in [0.29, 0.717) is 15.8 Å². The molecule has 2 amide bonds. The average Bonchev–Trinajstić information content (AvgIpc) is 2.53. The van der Waals surface area contributed by atoms with Gasteiger partial charge in [-0.1, -0.05) is 41.4 Å². The van der Waals surface area contributed by atoms with Gasteiger partial charge in [0.1, 0.15) is 5.75 Å². The second kappa shape index (κ2) is 8.74. The Kier molecular flexibility index (Phi) is 6.67. The van der Waals surface area contributed by atoms with Crippen LogP contribution in [0.2, 0.25) is 10.0 Å². The van der Waals surface area contributed by atoms with Gasteiger partial charge in [-0.2, -0.15) is 0 Å². The minimum Gasteiger partial charge on any atom is -0.484 e. The summed E-state index contributed by atoms with van der Waals surface area (Å²) in [6, 6.07) is 11.7. The van der Waals surface area contributed by atoms with Crippen molar-refractivity contribution in [3.05, 3.63) is 63.6 Å². The molecule has 7 heteroatoms. The van der Waals surface area contributed by atoms with Gasteiger partial charge in [0.25, 0.3) is 5.91 Å². The van der Waals surface area contributed by atoms with Crippen molar-refractivity contribution in [2.45, 2.75) is 19.4 Å². The minimum atomic E-state index is -0.400. The standard InChI is InChI=1S/C18H18Cl2N2O3/c1-11(15-7-4-13(19)9-16(15)20)22-18(24)10-25-14-5-2-12(3-6-14)8-17(21)23/h2-7,9,11H,8,10H2,1H3,(H2,21,23)(H,22,24). The van der Waals surface area contributed by atoms with E-state index in [1.54, 1.807) is 42.5 Å². The molecule has 2 aromatic rings. The topological polar surface area (TPSA) is 81.4 Å². The van der Waals surface area contributed by atoms with Gasteiger partial charge >= 0.3 is 0 Å². The second-order valence-corrected chi connectivity index (χ2v) is 6.37. The van der Waals surface area contributed by atoms with Crippen LogP contribution in [0.3, 0.4) is 0 Å². The maximum atomic E-state index is 12.0. The lowest BCUT2D eigenvalue weighted by molar-refractivity contribution is -0.123. The van der Waals surface area contributed by atoms with Gasteiger partial charge in [0.15, 0.2) is 6.61 Å². The Morgan fingerprint density at radius 1 is 1.16 bits per heavy atom. The van der Waals surface area contributed by atoms with Crippen LogP contribution in [0.5, 0.6) is 5.75 Å². The summed E-state index contributed by atoms with van der Waals surface area (Å²) in [6.45, 7) is 1.69. The quantitative estimate of drug-likeness (QED) is 0.772. The van der Waals surface area contributed by atoms with E-state index in [-0.39, 0.29) is 25.0 Å². The number of carbonyl (C=O) groups is 2. The molecular formula is C18H18Cl2N2O3. The van der Waals surface area contributed by atoms with E-state index in [9.17, 15) is 9.59 Å². The van der Waals surface area contributed by atoms with Crippen molar-refractivity contribution < 1.29 is 14.3 Å². The summed E-state index contributed by atoms with van der Waals surface area (Å²) >= 11 is 12.0. The Balaban J connectivity index is 1.86. The fourth-order valence-corrected chi connectivity index (χ4v) is 2.84. The SMILES string of the molecule is CC(NC(=O)COc1ccc(CC(N)=O)cc1)c1ccc(Cl)cc1Cl. The molecule has 25 heavy (non-hydrogen) atoms. The van der Waals surface area contributed by atoms with E-state index >= 15 is 0 Å². The van der Waals surface area contributed by atoms with Crippen LogP contribution in [0.15, 0.2) is 42.5 Å². The van der Waals surface area contributed by atoms with Crippen LogP contribution >= 0.6 is 23.2 Å². The monoisotopic (exact) mass is 380 g/mol. The third kappa shape index (κ3) is 5.96. The molecule has 1 atom stereocenters. The van der Waals surface area contributed by atoms with Crippen LogP contribution < -0.4 is 15.8 Å². The highest BCUT2D eigenvalue weighted by Crippen LogP contribution is 2.26. The molecule has 2 aromatic carbocycles. The van der Waals surface area contributed by atoms with E-state index in [1.807, 2.05) is 6.92 Å². The Hall–Kier alpha value is -2.24. The predicted molar refractivity (Wildman–Crippen MR) is 97.9 cm³/mol. The smallest absolute Gasteiger partial charge is 0.258 e. The summed E-state index contributed by atoms with van der Waals surface area (Å²) in [7, 11) is 0. The van der Waals surface area contributed by atoms with Gasteiger partial charge in [-0.3, -0.25) is 9.59 Å². The lowest BCUT2D eigenvalue weighted by Gasteiger charge is -2.16. The molecule has 5 nitrogen and oxygen atoms in total. The van der Waals surface area contributed by atoms with Crippen LogP contribution in [0.25, 0.3) is 0 Å². The molecule has 0 bridgehead atoms. The van der Waals surface area contributed by atoms with Gasteiger partial charge in [0, 0.05) is 10.0 Å². The van der Waals surface area contributed by atoms with Crippen molar-refractivity contribution in [3.63, 3.8) is 0 Å². The Morgan fingerprint density at radius 2 is 1.84 bits per heavy atom. The first-order valence-electron chi connectivity index (χ1n) is 7.59. The molecule has 0 saturated heterocycles. The van der Waals surface area contributed by atoms with E-state index in [1.165, 1.54) is 0 Å². The van der Waals surface area contributed by atoms with Gasteiger partial charge < -0.3 is 15.8 Å². The first-order valence-corrected chi connectivity index (χ1v) is 8.35. The van der Waals surface area contributed by atoms with Crippen molar-refractivity contribution in [1.29, 1.82) is 0 Å². The van der Waals surface area contributed by atoms with Crippen LogP contribution in [-0.2, 0) is 16.0 Å². The van der Waals surface area contributed by atoms with Gasteiger partial charge in [0.05, 0.1) is 12.5 Å². The first-order chi connectivity index (χ1) is 11.8. The van der Waals surface area contributed by atoms with Crippen molar-refractivity contribution in [2.75, 3.05) is 6.61 Å². The van der Waals surface area contributed by atoms with Crippen molar-refractivity contribution in [3.8, 4) is 5.75 Å². The van der Waals surface area contributed by atoms with Gasteiger partial charge in [-0.15, -0.1) is 0 Å². The maximum absolute atomic E-state index is 12.0. The fraction of sp³-hybridized carbons (Fsp3) is 0.222. The zero-order chi connectivity index (χ0) is 18.4. The molecule has 0 spiro atoms. The van der Waals surface area contributed by atoms with Crippen molar-refractivity contribution >= 4 is 35.0 Å². The number of halogens is 2. The van der Waals surface area contributed by atoms with E-state index in [2.05, 4.69) is 5.32 Å². The summed E-state index contributed by atoms with van der Waals surface area (Å²) < 4.78 is 5.43. The predicted octanol–water partition coefficient (Wildman–Crippen LogP) is 3.28. The molecular weight excluding hydrogens is 363 g/mol. The number of nitrogens with one attached hydrogen (secondary N) is 1. The Labute approximate surface area is 156 Å². The van der Waals surface area contributed by atoms with Gasteiger partial charge in [-0.25, -0.2) is 0 Å². The minimum absolute atomic E-state index is 0.134. The van der Waals surface area contributed by atoms with Crippen molar-refractivity contribution in [1.82, 2.24) is 5.32 Å². The molecule has 3 N–H and O–H groups in total. The summed E-state index contributed by atoms with van der Waals surface area (Å²) in [5.74, 6) is -0.150. The lowest BCUT2D eigenvalue weighted by Crippen LogP contribution is -2.31. The highest BCUT2D eigenvalue weighted by atomic mass is 35.5. The number of nitrogens with two attached hydrogens (primary N) is 1. The van der Waals surface area contributed by atoms with Crippen LogP contribution in [-0.4, -0.2) is 18.4 Å². The molecule has 0 saturated carbocycles. The Morgan fingerprint density at radius 3 is 2.44 bits per heavy atom. The molecule has 0 aliphatic heterocycles. The molecule has 0 fully saturated rings. The van der Waals surface area contributed by atoms with Crippen LogP contribution in [0, 0.1) is 0 Å². The highest BCUT2D eigenvalue weighted by Gasteiger charge is 2.13. The number of hydrogen-bond donors (Lipinski definition) is 2. The second-order valence-electron chi connectivity index (χ2n) is 5.53. The number of amides is 2. The summed E-state index contributed by atoms with van der Waals surface area (Å²) in [4.78, 5) is 22.9. The molecule has 0 aliphatic carbocycles. The van der Waals surface area contributed by atoms with Crippen LogP contribution in [0.4, 0.5) is 0 Å². The number of ether oxygens (including phenoxy) is 1. The lowest BCUT2D eigenvalue weighted by atomic mass is 10.1. The number of rotatable bonds is 7. The zero-order valence-electron chi connectivity index (χ0n) is 13.6. The van der Waals surface area contributed by atoms with Gasteiger partial charge in [0.2, 0.25) is 5.91 Å². The largest absolute Gasteiger partial charge is 0.484 e. The third-order valence-electron chi connectivity index (χ3n) is 3.48. The van der Waals surface area contributed by atoms with E-state index in [0.717, 1.165) is 11.1 Å². The number of hydrogen-bond acceptors (Lipinski definition) is 3. The summed E-state index contributed by atoms with van der Waals surface area (Å²) in [6.07, 6.45) is 0.167. The molecule has 1 unspecified atom stereocenters. The molecule has 132 valence electrons. The molecule has 0 radical (unpaired) electrons. The molecule has 0 aliphatic rings. The Bertz CT molecular complexity index is 763. The average molecular weight is 381 g/mol. The molecule has 0 heterocycles. The fourth-order valence-electron chi connectivity index (χ4n) is 2.27. The normalized spacial score (nSPS) is 11.6. The molecule has 0 aromatic heterocycles. The summed E-state index contributed by atoms with van der Waals surface area (Å²) in [5.41, 5.74) is 6.69. The van der Waals surface area contributed by atoms with Gasteiger partial charge in [-0.05, 0) is 42.3 Å². The molecule has 2 rings (SSSR count). The van der Waals surface area contributed by atoms with E-state index < -0.39 is 5.91 Å². The van der Waals surface area contributed by atoms with Crippen LogP contribution in [0.1, 0.15) is 24.1 Å². The third-order valence-corrected chi connectivity index (χ3v) is 4.04. The van der Waals surface area contributed by atoms with E-state index in [4.69, 9.17) is 33.7 Å².